The van der Waals surface area contributed by atoms with Crippen LogP contribution in [0.3, 0.4) is 0 Å². The van der Waals surface area contributed by atoms with Crippen LogP contribution in [0.1, 0.15) is 72.6 Å². The molecular formula is C17H31NO3. The summed E-state index contributed by atoms with van der Waals surface area (Å²) in [6.45, 7) is 7.66. The third kappa shape index (κ3) is 7.88. The van der Waals surface area contributed by atoms with Crippen LogP contribution in [0.25, 0.3) is 0 Å². The van der Waals surface area contributed by atoms with Gasteiger partial charge in [-0.2, -0.15) is 0 Å². The summed E-state index contributed by atoms with van der Waals surface area (Å²) >= 11 is 0. The van der Waals surface area contributed by atoms with E-state index in [4.69, 9.17) is 4.74 Å². The number of carbonyl (C=O) groups excluding carboxylic acids is 2. The minimum absolute atomic E-state index is 0.0720. The van der Waals surface area contributed by atoms with Crippen LogP contribution < -0.4 is 0 Å². The van der Waals surface area contributed by atoms with Crippen molar-refractivity contribution in [3.8, 4) is 0 Å². The second-order valence-corrected chi connectivity index (χ2v) is 5.38. The number of hydrogen-bond donors (Lipinski definition) is 0. The summed E-state index contributed by atoms with van der Waals surface area (Å²) < 4.78 is 5.12. The monoisotopic (exact) mass is 297 g/mol. The third-order valence-electron chi connectivity index (χ3n) is 3.71. The molecule has 0 aliphatic carbocycles. The molecule has 0 unspecified atom stereocenters. The van der Waals surface area contributed by atoms with Gasteiger partial charge < -0.3 is 9.64 Å². The summed E-state index contributed by atoms with van der Waals surface area (Å²) in [6.07, 6.45) is 7.70. The molecule has 0 aromatic heterocycles. The Morgan fingerprint density at radius 1 is 0.952 bits per heavy atom. The Morgan fingerprint density at radius 3 is 2.05 bits per heavy atom. The zero-order valence-electron chi connectivity index (χ0n) is 14.3. The van der Waals surface area contributed by atoms with E-state index in [9.17, 15) is 9.59 Å². The molecule has 0 atom stereocenters. The van der Waals surface area contributed by atoms with E-state index in [2.05, 4.69) is 6.92 Å². The highest BCUT2D eigenvalue weighted by Gasteiger charge is 2.17. The van der Waals surface area contributed by atoms with Gasteiger partial charge in [-0.05, 0) is 26.7 Å². The van der Waals surface area contributed by atoms with Crippen molar-refractivity contribution in [2.75, 3.05) is 13.7 Å². The lowest BCUT2D eigenvalue weighted by molar-refractivity contribution is -0.138. The fourth-order valence-electron chi connectivity index (χ4n) is 2.17. The fourth-order valence-corrected chi connectivity index (χ4v) is 2.17. The van der Waals surface area contributed by atoms with Crippen molar-refractivity contribution >= 4 is 11.9 Å². The van der Waals surface area contributed by atoms with E-state index >= 15 is 0 Å². The molecule has 0 aromatic carbocycles. The fraction of sp³-hybridized carbons (Fsp3) is 0.765. The molecule has 0 heterocycles. The van der Waals surface area contributed by atoms with Gasteiger partial charge in [0.1, 0.15) is 0 Å². The summed E-state index contributed by atoms with van der Waals surface area (Å²) in [5.74, 6) is -0.367. The van der Waals surface area contributed by atoms with E-state index in [-0.39, 0.29) is 11.9 Å². The lowest BCUT2D eigenvalue weighted by atomic mass is 10.0. The predicted molar refractivity (Wildman–Crippen MR) is 85.8 cm³/mol. The zero-order chi connectivity index (χ0) is 16.3. The van der Waals surface area contributed by atoms with Crippen LogP contribution in [0.5, 0.6) is 0 Å². The molecule has 1 amide bonds. The minimum atomic E-state index is -0.295. The van der Waals surface area contributed by atoms with Crippen LogP contribution in [-0.2, 0) is 14.3 Å². The number of amides is 1. The van der Waals surface area contributed by atoms with Crippen molar-refractivity contribution < 1.29 is 14.3 Å². The average molecular weight is 297 g/mol. The lowest BCUT2D eigenvalue weighted by Gasteiger charge is -2.19. The van der Waals surface area contributed by atoms with Crippen LogP contribution in [0.4, 0.5) is 0 Å². The van der Waals surface area contributed by atoms with Gasteiger partial charge in [0.25, 0.3) is 0 Å². The van der Waals surface area contributed by atoms with Crippen molar-refractivity contribution in [2.24, 2.45) is 0 Å². The largest absolute Gasteiger partial charge is 0.463 e. The topological polar surface area (TPSA) is 46.6 Å². The van der Waals surface area contributed by atoms with E-state index in [0.29, 0.717) is 24.3 Å². The lowest BCUT2D eigenvalue weighted by Crippen LogP contribution is -2.25. The first kappa shape index (κ1) is 19.7. The molecule has 0 rings (SSSR count). The summed E-state index contributed by atoms with van der Waals surface area (Å²) in [5, 5.41) is 0. The van der Waals surface area contributed by atoms with Crippen molar-refractivity contribution in [1.29, 1.82) is 0 Å². The SMILES string of the molecule is CCCCCCCC/C(C(=O)OCC)=C(/C)N(C)C(C)=O. The summed E-state index contributed by atoms with van der Waals surface area (Å²) in [5.41, 5.74) is 1.33. The molecule has 0 saturated carbocycles. The standard InChI is InChI=1S/C17H31NO3/c1-6-8-9-10-11-12-13-16(17(20)21-7-2)14(3)18(5)15(4)19/h6-13H2,1-5H3/b16-14+. The number of allylic oxidation sites excluding steroid dienone is 1. The van der Waals surface area contributed by atoms with Gasteiger partial charge in [0.15, 0.2) is 0 Å². The molecule has 21 heavy (non-hydrogen) atoms. The first-order valence-electron chi connectivity index (χ1n) is 8.06. The number of ether oxygens (including phenoxy) is 1. The van der Waals surface area contributed by atoms with Crippen LogP contribution in [0.15, 0.2) is 11.3 Å². The highest BCUT2D eigenvalue weighted by atomic mass is 16.5. The molecule has 0 N–H and O–H groups in total. The Bertz CT molecular complexity index is 361. The summed E-state index contributed by atoms with van der Waals surface area (Å²) in [6, 6.07) is 0. The predicted octanol–water partition coefficient (Wildman–Crippen LogP) is 4.05. The highest BCUT2D eigenvalue weighted by Crippen LogP contribution is 2.18. The quantitative estimate of drug-likeness (QED) is 0.347. The molecule has 4 heteroatoms. The number of unbranched alkanes of at least 4 members (excludes halogenated alkanes) is 5. The number of hydrogen-bond acceptors (Lipinski definition) is 3. The van der Waals surface area contributed by atoms with Crippen molar-refractivity contribution in [1.82, 2.24) is 4.90 Å². The normalized spacial score (nSPS) is 11.9. The molecule has 0 fully saturated rings. The van der Waals surface area contributed by atoms with Gasteiger partial charge in [0.05, 0.1) is 12.2 Å². The van der Waals surface area contributed by atoms with E-state index in [1.54, 1.807) is 14.0 Å². The molecule has 0 radical (unpaired) electrons. The first-order valence-corrected chi connectivity index (χ1v) is 8.06. The second-order valence-electron chi connectivity index (χ2n) is 5.38. The molecule has 0 aliphatic heterocycles. The van der Waals surface area contributed by atoms with Gasteiger partial charge in [-0.15, -0.1) is 0 Å². The number of carbonyl (C=O) groups is 2. The molecule has 122 valence electrons. The van der Waals surface area contributed by atoms with E-state index in [0.717, 1.165) is 12.8 Å². The van der Waals surface area contributed by atoms with Crippen LogP contribution in [-0.4, -0.2) is 30.4 Å². The maximum atomic E-state index is 12.1. The molecule has 4 nitrogen and oxygen atoms in total. The number of rotatable bonds is 10. The van der Waals surface area contributed by atoms with Gasteiger partial charge in [-0.3, -0.25) is 4.79 Å². The third-order valence-corrected chi connectivity index (χ3v) is 3.71. The molecule has 0 aromatic rings. The maximum absolute atomic E-state index is 12.1. The van der Waals surface area contributed by atoms with Gasteiger partial charge in [-0.1, -0.05) is 39.0 Å². The van der Waals surface area contributed by atoms with Crippen molar-refractivity contribution in [3.05, 3.63) is 11.3 Å². The Labute approximate surface area is 129 Å². The number of nitrogens with zero attached hydrogens (tertiary/aromatic N) is 1. The highest BCUT2D eigenvalue weighted by molar-refractivity contribution is 5.90. The average Bonchev–Trinajstić information content (AvgIpc) is 2.45. The number of esters is 1. The van der Waals surface area contributed by atoms with E-state index in [1.165, 1.54) is 37.5 Å². The first-order chi connectivity index (χ1) is 9.95. The van der Waals surface area contributed by atoms with Crippen LogP contribution >= 0.6 is 0 Å². The summed E-state index contributed by atoms with van der Waals surface area (Å²) in [4.78, 5) is 25.0. The molecule has 0 spiro atoms. The second kappa shape index (κ2) is 11.4. The molecule has 0 saturated heterocycles. The smallest absolute Gasteiger partial charge is 0.335 e. The minimum Gasteiger partial charge on any atom is -0.463 e. The van der Waals surface area contributed by atoms with E-state index < -0.39 is 0 Å². The Morgan fingerprint density at radius 2 is 1.52 bits per heavy atom. The zero-order valence-corrected chi connectivity index (χ0v) is 14.3. The molecule has 0 bridgehead atoms. The van der Waals surface area contributed by atoms with Gasteiger partial charge in [-0.25, -0.2) is 4.79 Å². The Balaban J connectivity index is 4.64. The van der Waals surface area contributed by atoms with Crippen LogP contribution in [0.2, 0.25) is 0 Å². The Kier molecular flexibility index (Phi) is 10.6. The van der Waals surface area contributed by atoms with Crippen molar-refractivity contribution in [2.45, 2.75) is 72.6 Å². The summed E-state index contributed by atoms with van der Waals surface area (Å²) in [7, 11) is 1.69. The Hall–Kier alpha value is -1.32. The van der Waals surface area contributed by atoms with Gasteiger partial charge >= 0.3 is 5.97 Å². The molecular weight excluding hydrogens is 266 g/mol. The van der Waals surface area contributed by atoms with Gasteiger partial charge in [0.2, 0.25) is 5.91 Å². The van der Waals surface area contributed by atoms with Gasteiger partial charge in [0, 0.05) is 19.7 Å². The van der Waals surface area contributed by atoms with Crippen LogP contribution in [0, 0.1) is 0 Å². The molecule has 0 aliphatic rings. The van der Waals surface area contributed by atoms with Crippen molar-refractivity contribution in [3.63, 3.8) is 0 Å². The maximum Gasteiger partial charge on any atom is 0.335 e. The van der Waals surface area contributed by atoms with E-state index in [1.807, 2.05) is 6.92 Å².